The van der Waals surface area contributed by atoms with Crippen molar-refractivity contribution in [3.63, 3.8) is 0 Å². The molecule has 1 unspecified atom stereocenters. The van der Waals surface area contributed by atoms with E-state index in [-0.39, 0.29) is 16.7 Å². The number of nitro benzene ring substituents is 1. The number of ether oxygens (including phenoxy) is 1. The fourth-order valence-corrected chi connectivity index (χ4v) is 1.61. The van der Waals surface area contributed by atoms with Crippen LogP contribution in [0.2, 0.25) is 0 Å². The van der Waals surface area contributed by atoms with E-state index in [4.69, 9.17) is 11.2 Å². The minimum absolute atomic E-state index is 0.0900. The predicted molar refractivity (Wildman–Crippen MR) is 79.7 cm³/mol. The molecule has 0 fully saturated rings. The Bertz CT molecular complexity index is 581. The summed E-state index contributed by atoms with van der Waals surface area (Å²) >= 11 is 0. The van der Waals surface area contributed by atoms with E-state index in [1.54, 1.807) is 6.08 Å². The van der Waals surface area contributed by atoms with E-state index in [1.165, 1.54) is 24.3 Å². The van der Waals surface area contributed by atoms with E-state index in [1.807, 2.05) is 13.8 Å². The van der Waals surface area contributed by atoms with Crippen molar-refractivity contribution in [2.45, 2.75) is 26.4 Å². The molecule has 21 heavy (non-hydrogen) atoms. The highest BCUT2D eigenvalue weighted by atomic mass is 16.6. The van der Waals surface area contributed by atoms with E-state index in [9.17, 15) is 14.9 Å². The summed E-state index contributed by atoms with van der Waals surface area (Å²) in [5.74, 6) is 1.82. The van der Waals surface area contributed by atoms with Crippen LogP contribution >= 0.6 is 0 Å². The second-order valence-electron chi connectivity index (χ2n) is 5.26. The summed E-state index contributed by atoms with van der Waals surface area (Å²) in [5.41, 5.74) is -0.127. The first-order chi connectivity index (χ1) is 9.79. The first-order valence-corrected chi connectivity index (χ1v) is 6.34. The molecular weight excluding hydrogens is 270 g/mol. The molecule has 0 aliphatic carbocycles. The molecule has 0 radical (unpaired) electrons. The second-order valence-corrected chi connectivity index (χ2v) is 5.26. The van der Waals surface area contributed by atoms with Gasteiger partial charge in [0.1, 0.15) is 0 Å². The van der Waals surface area contributed by atoms with Gasteiger partial charge in [0.2, 0.25) is 0 Å². The van der Waals surface area contributed by atoms with Crippen molar-refractivity contribution in [1.29, 1.82) is 0 Å². The first kappa shape index (κ1) is 16.4. The first-order valence-electron chi connectivity index (χ1n) is 6.34. The molecular formula is C16H17NO4. The van der Waals surface area contributed by atoms with Crippen LogP contribution in [0.5, 0.6) is 0 Å². The van der Waals surface area contributed by atoms with Gasteiger partial charge in [-0.2, -0.15) is 0 Å². The Kier molecular flexibility index (Phi) is 5.25. The summed E-state index contributed by atoms with van der Waals surface area (Å²) in [4.78, 5) is 22.0. The monoisotopic (exact) mass is 287 g/mol. The number of rotatable bonds is 6. The zero-order valence-electron chi connectivity index (χ0n) is 12.0. The molecule has 0 aromatic heterocycles. The second kappa shape index (κ2) is 6.71. The van der Waals surface area contributed by atoms with E-state index < -0.39 is 17.0 Å². The lowest BCUT2D eigenvalue weighted by Gasteiger charge is -2.23. The Morgan fingerprint density at radius 3 is 2.52 bits per heavy atom. The smallest absolute Gasteiger partial charge is 0.339 e. The summed E-state index contributed by atoms with van der Waals surface area (Å²) in [7, 11) is 0. The molecule has 0 saturated heterocycles. The van der Waals surface area contributed by atoms with E-state index in [0.29, 0.717) is 6.42 Å². The Balaban J connectivity index is 2.77. The topological polar surface area (TPSA) is 69.4 Å². The van der Waals surface area contributed by atoms with Crippen LogP contribution in [0.3, 0.4) is 0 Å². The van der Waals surface area contributed by atoms with Crippen LogP contribution in [0.1, 0.15) is 30.6 Å². The molecule has 1 aromatic rings. The van der Waals surface area contributed by atoms with E-state index in [2.05, 4.69) is 12.5 Å². The Labute approximate surface area is 123 Å². The summed E-state index contributed by atoms with van der Waals surface area (Å²) in [6, 6.07) is 5.17. The van der Waals surface area contributed by atoms with Crippen molar-refractivity contribution in [3.8, 4) is 12.3 Å². The molecule has 0 amide bonds. The van der Waals surface area contributed by atoms with Crippen LogP contribution < -0.4 is 0 Å². The molecule has 0 aliphatic heterocycles. The van der Waals surface area contributed by atoms with Crippen LogP contribution in [0.15, 0.2) is 36.9 Å². The summed E-state index contributed by atoms with van der Waals surface area (Å²) < 4.78 is 5.23. The summed E-state index contributed by atoms with van der Waals surface area (Å²) in [6.45, 7) is 7.58. The van der Waals surface area contributed by atoms with Crippen molar-refractivity contribution in [3.05, 3.63) is 52.6 Å². The highest BCUT2D eigenvalue weighted by Crippen LogP contribution is 2.25. The lowest BCUT2D eigenvalue weighted by molar-refractivity contribution is -0.384. The quantitative estimate of drug-likeness (QED) is 0.264. The number of nitro groups is 1. The maximum atomic E-state index is 12.0. The third kappa shape index (κ3) is 4.77. The van der Waals surface area contributed by atoms with Gasteiger partial charge in [-0.25, -0.2) is 4.79 Å². The Morgan fingerprint density at radius 2 is 2.10 bits per heavy atom. The van der Waals surface area contributed by atoms with Gasteiger partial charge in [-0.15, -0.1) is 13.0 Å². The van der Waals surface area contributed by atoms with Crippen LogP contribution in [-0.4, -0.2) is 17.0 Å². The average molecular weight is 287 g/mol. The molecule has 110 valence electrons. The molecule has 5 nitrogen and oxygen atoms in total. The minimum Gasteiger partial charge on any atom is -0.446 e. The minimum atomic E-state index is -0.680. The zero-order chi connectivity index (χ0) is 16.0. The molecule has 0 N–H and O–H groups in total. The lowest BCUT2D eigenvalue weighted by Crippen LogP contribution is -2.23. The number of non-ortho nitro benzene ring substituents is 1. The molecule has 0 spiro atoms. The Morgan fingerprint density at radius 1 is 1.52 bits per heavy atom. The van der Waals surface area contributed by atoms with Gasteiger partial charge in [-0.05, 0) is 17.5 Å². The fourth-order valence-electron chi connectivity index (χ4n) is 1.61. The standard InChI is InChI=1S/C16H17NO4/c1-5-14(11-16(3,4)6-2)21-15(18)12-7-9-13(10-8-12)17(19)20/h1,6-10,14H,2,11H2,3-4H3. The molecule has 0 bridgehead atoms. The van der Waals surface area contributed by atoms with Gasteiger partial charge in [0.05, 0.1) is 10.5 Å². The highest BCUT2D eigenvalue weighted by Gasteiger charge is 2.22. The number of hydrogen-bond donors (Lipinski definition) is 0. The largest absolute Gasteiger partial charge is 0.446 e. The number of hydrogen-bond acceptors (Lipinski definition) is 4. The average Bonchev–Trinajstić information content (AvgIpc) is 2.46. The maximum absolute atomic E-state index is 12.0. The zero-order valence-corrected chi connectivity index (χ0v) is 12.0. The molecule has 5 heteroatoms. The van der Waals surface area contributed by atoms with Gasteiger partial charge >= 0.3 is 5.97 Å². The van der Waals surface area contributed by atoms with Crippen molar-refractivity contribution in [2.24, 2.45) is 5.41 Å². The van der Waals surface area contributed by atoms with Gasteiger partial charge in [0.15, 0.2) is 6.10 Å². The van der Waals surface area contributed by atoms with Gasteiger partial charge in [-0.1, -0.05) is 25.8 Å². The molecule has 1 aromatic carbocycles. The molecule has 1 rings (SSSR count). The number of nitrogens with zero attached hydrogens (tertiary/aromatic N) is 1. The van der Waals surface area contributed by atoms with Crippen molar-refractivity contribution in [1.82, 2.24) is 0 Å². The predicted octanol–water partition coefficient (Wildman–Crippen LogP) is 3.36. The van der Waals surface area contributed by atoms with Crippen LogP contribution in [-0.2, 0) is 4.74 Å². The molecule has 0 aliphatic rings. The van der Waals surface area contributed by atoms with Gasteiger partial charge in [0.25, 0.3) is 5.69 Å². The molecule has 1 atom stereocenters. The van der Waals surface area contributed by atoms with E-state index >= 15 is 0 Å². The number of terminal acetylenes is 1. The summed E-state index contributed by atoms with van der Waals surface area (Å²) in [5, 5.41) is 10.5. The summed E-state index contributed by atoms with van der Waals surface area (Å²) in [6.07, 6.45) is 6.89. The van der Waals surface area contributed by atoms with Crippen LogP contribution in [0.4, 0.5) is 5.69 Å². The van der Waals surface area contributed by atoms with Gasteiger partial charge in [-0.3, -0.25) is 10.1 Å². The maximum Gasteiger partial charge on any atom is 0.339 e. The van der Waals surface area contributed by atoms with Crippen molar-refractivity contribution >= 4 is 11.7 Å². The highest BCUT2D eigenvalue weighted by molar-refractivity contribution is 5.89. The number of carbonyl (C=O) groups excluding carboxylic acids is 1. The van der Waals surface area contributed by atoms with Gasteiger partial charge < -0.3 is 4.74 Å². The van der Waals surface area contributed by atoms with Crippen LogP contribution in [0.25, 0.3) is 0 Å². The SMILES string of the molecule is C#CC(CC(C)(C)C=C)OC(=O)c1ccc([N+](=O)[O-])cc1. The number of esters is 1. The van der Waals surface area contributed by atoms with Crippen molar-refractivity contribution < 1.29 is 14.5 Å². The molecule has 0 saturated carbocycles. The number of benzene rings is 1. The van der Waals surface area contributed by atoms with Crippen LogP contribution in [0, 0.1) is 27.9 Å². The third-order valence-electron chi connectivity index (χ3n) is 3.01. The normalized spacial score (nSPS) is 12.0. The van der Waals surface area contributed by atoms with Gasteiger partial charge in [0, 0.05) is 18.6 Å². The van der Waals surface area contributed by atoms with Crippen molar-refractivity contribution in [2.75, 3.05) is 0 Å². The lowest BCUT2D eigenvalue weighted by atomic mass is 9.87. The fraction of sp³-hybridized carbons (Fsp3) is 0.312. The van der Waals surface area contributed by atoms with E-state index in [0.717, 1.165) is 0 Å². The third-order valence-corrected chi connectivity index (χ3v) is 3.01. The number of allylic oxidation sites excluding steroid dienone is 1. The molecule has 0 heterocycles. The Hall–Kier alpha value is -2.61. The number of carbonyl (C=O) groups is 1.